The van der Waals surface area contributed by atoms with Crippen molar-refractivity contribution in [1.29, 1.82) is 0 Å². The van der Waals surface area contributed by atoms with Crippen molar-refractivity contribution >= 4 is 34.1 Å². The predicted molar refractivity (Wildman–Crippen MR) is 123 cm³/mol. The molecule has 2 aromatic carbocycles. The molecule has 0 saturated carbocycles. The highest BCUT2D eigenvalue weighted by atomic mass is 32.2. The Labute approximate surface area is 195 Å². The van der Waals surface area contributed by atoms with Gasteiger partial charge in [0.2, 0.25) is 0 Å². The average molecular weight is 496 g/mol. The number of hydrogen-bond acceptors (Lipinski definition) is 7. The van der Waals surface area contributed by atoms with E-state index in [-0.39, 0.29) is 4.88 Å². The minimum atomic E-state index is -4.75. The summed E-state index contributed by atoms with van der Waals surface area (Å²) < 4.78 is 49.0. The van der Waals surface area contributed by atoms with Crippen LogP contribution in [0.3, 0.4) is 0 Å². The molecule has 5 nitrogen and oxygen atoms in total. The highest BCUT2D eigenvalue weighted by Crippen LogP contribution is 2.40. The van der Waals surface area contributed by atoms with Crippen LogP contribution in [-0.4, -0.2) is 23.4 Å². The third-order valence-electron chi connectivity index (χ3n) is 4.38. The molecule has 0 bridgehead atoms. The van der Waals surface area contributed by atoms with E-state index in [1.807, 2.05) is 26.0 Å². The van der Waals surface area contributed by atoms with Gasteiger partial charge in [-0.2, -0.15) is 13.2 Å². The summed E-state index contributed by atoms with van der Waals surface area (Å²) in [5.74, 6) is 0.645. The van der Waals surface area contributed by atoms with Gasteiger partial charge in [-0.15, -0.1) is 11.3 Å². The summed E-state index contributed by atoms with van der Waals surface area (Å²) in [5.41, 5.74) is 1.26. The number of aliphatic hydroxyl groups is 1. The molecule has 0 aliphatic rings. The molecule has 1 N–H and O–H groups in total. The molecule has 4 aromatic rings. The zero-order valence-corrected chi connectivity index (χ0v) is 19.5. The van der Waals surface area contributed by atoms with Crippen LogP contribution in [0, 0.1) is 0 Å². The second-order valence-electron chi connectivity index (χ2n) is 6.44. The van der Waals surface area contributed by atoms with Gasteiger partial charge in [-0.25, -0.2) is 9.78 Å². The molecule has 33 heavy (non-hydrogen) atoms. The van der Waals surface area contributed by atoms with Gasteiger partial charge in [0, 0.05) is 22.5 Å². The SMILES string of the molecule is CC.COc1cccc(-c2cc(=O)oc3cc(Sc4ncc(C(O)C(F)(F)F)s4)ccc23)c1. The van der Waals surface area contributed by atoms with Crippen LogP contribution in [0.1, 0.15) is 24.8 Å². The van der Waals surface area contributed by atoms with Crippen molar-refractivity contribution in [3.8, 4) is 16.9 Å². The summed E-state index contributed by atoms with van der Waals surface area (Å²) in [4.78, 5) is 16.4. The zero-order valence-electron chi connectivity index (χ0n) is 17.8. The Balaban J connectivity index is 0.00000149. The Morgan fingerprint density at radius 3 is 2.61 bits per heavy atom. The topological polar surface area (TPSA) is 72.6 Å². The Kier molecular flexibility index (Phi) is 7.83. The second-order valence-corrected chi connectivity index (χ2v) is 8.83. The van der Waals surface area contributed by atoms with E-state index in [2.05, 4.69) is 4.98 Å². The lowest BCUT2D eigenvalue weighted by molar-refractivity contribution is -0.205. The van der Waals surface area contributed by atoms with E-state index in [9.17, 15) is 23.1 Å². The van der Waals surface area contributed by atoms with Crippen molar-refractivity contribution < 1.29 is 27.4 Å². The number of rotatable bonds is 5. The Bertz CT molecular complexity index is 1300. The Morgan fingerprint density at radius 2 is 1.91 bits per heavy atom. The van der Waals surface area contributed by atoms with Crippen LogP contribution in [0.4, 0.5) is 13.2 Å². The quantitative estimate of drug-likeness (QED) is 0.311. The number of methoxy groups -OCH3 is 1. The summed E-state index contributed by atoms with van der Waals surface area (Å²) in [6.07, 6.45) is -6.32. The molecule has 0 spiro atoms. The minimum absolute atomic E-state index is 0.289. The van der Waals surface area contributed by atoms with Gasteiger partial charge >= 0.3 is 11.8 Å². The van der Waals surface area contributed by atoms with Gasteiger partial charge in [-0.1, -0.05) is 37.7 Å². The number of hydrogen-bond donors (Lipinski definition) is 1. The fourth-order valence-corrected chi connectivity index (χ4v) is 4.95. The number of thiazole rings is 1. The van der Waals surface area contributed by atoms with Gasteiger partial charge in [-0.3, -0.25) is 0 Å². The molecular weight excluding hydrogens is 475 g/mol. The van der Waals surface area contributed by atoms with Crippen LogP contribution in [0.5, 0.6) is 5.75 Å². The standard InChI is InChI=1S/C21H14F3NO4S2.C2H6/c1-28-12-4-2-3-11(7-12)15-9-18(26)29-16-8-13(5-6-14(15)16)30-20-25-10-17(31-20)19(27)21(22,23)24;1-2/h2-10,19,27H,1H3;1-2H3. The molecule has 0 fully saturated rings. The van der Waals surface area contributed by atoms with E-state index >= 15 is 0 Å². The highest BCUT2D eigenvalue weighted by Gasteiger charge is 2.40. The average Bonchev–Trinajstić information content (AvgIpc) is 3.26. The van der Waals surface area contributed by atoms with Crippen LogP contribution in [0.2, 0.25) is 0 Å². The van der Waals surface area contributed by atoms with E-state index in [1.165, 1.54) is 6.07 Å². The van der Waals surface area contributed by atoms with Crippen molar-refractivity contribution in [1.82, 2.24) is 4.98 Å². The maximum Gasteiger partial charge on any atom is 0.419 e. The maximum atomic E-state index is 12.7. The number of nitrogens with zero attached hydrogens (tertiary/aromatic N) is 1. The Morgan fingerprint density at radius 1 is 1.15 bits per heavy atom. The summed E-state index contributed by atoms with van der Waals surface area (Å²) in [5, 5.41) is 10.1. The summed E-state index contributed by atoms with van der Waals surface area (Å²) in [6, 6.07) is 13.8. The van der Waals surface area contributed by atoms with Gasteiger partial charge in [-0.05, 0) is 41.5 Å². The van der Waals surface area contributed by atoms with Crippen LogP contribution < -0.4 is 10.4 Å². The zero-order chi connectivity index (χ0) is 24.2. The fraction of sp³-hybridized carbons (Fsp3) is 0.217. The van der Waals surface area contributed by atoms with Crippen molar-refractivity contribution in [2.75, 3.05) is 7.11 Å². The number of aliphatic hydroxyl groups excluding tert-OH is 1. The number of alkyl halides is 3. The number of ether oxygens (including phenoxy) is 1. The van der Waals surface area contributed by atoms with E-state index in [1.54, 1.807) is 37.4 Å². The van der Waals surface area contributed by atoms with Crippen molar-refractivity contribution in [2.24, 2.45) is 0 Å². The van der Waals surface area contributed by atoms with Crippen LogP contribution in [-0.2, 0) is 0 Å². The van der Waals surface area contributed by atoms with E-state index in [4.69, 9.17) is 9.15 Å². The first-order valence-corrected chi connectivity index (χ1v) is 11.5. The Hall–Kier alpha value is -2.82. The lowest BCUT2D eigenvalue weighted by Gasteiger charge is -2.11. The molecule has 0 radical (unpaired) electrons. The first-order chi connectivity index (χ1) is 15.7. The molecule has 2 heterocycles. The largest absolute Gasteiger partial charge is 0.497 e. The third kappa shape index (κ3) is 5.76. The smallest absolute Gasteiger partial charge is 0.419 e. The maximum absolute atomic E-state index is 12.7. The normalized spacial score (nSPS) is 12.2. The molecule has 0 aliphatic heterocycles. The molecule has 174 valence electrons. The number of aromatic nitrogens is 1. The van der Waals surface area contributed by atoms with Crippen LogP contribution >= 0.6 is 23.1 Å². The number of fused-ring (bicyclic) bond motifs is 1. The highest BCUT2D eigenvalue weighted by molar-refractivity contribution is 8.01. The minimum Gasteiger partial charge on any atom is -0.497 e. The van der Waals surface area contributed by atoms with E-state index < -0.39 is 17.9 Å². The molecule has 0 aliphatic carbocycles. The van der Waals surface area contributed by atoms with Gasteiger partial charge in [0.25, 0.3) is 0 Å². The van der Waals surface area contributed by atoms with E-state index in [0.29, 0.717) is 31.5 Å². The van der Waals surface area contributed by atoms with Crippen LogP contribution in [0.25, 0.3) is 22.1 Å². The first kappa shape index (κ1) is 24.8. The molecule has 1 unspecified atom stereocenters. The van der Waals surface area contributed by atoms with Crippen molar-refractivity contribution in [2.45, 2.75) is 35.4 Å². The van der Waals surface area contributed by atoms with Gasteiger partial charge < -0.3 is 14.3 Å². The summed E-state index contributed by atoms with van der Waals surface area (Å²) >= 11 is 1.86. The van der Waals surface area contributed by atoms with Gasteiger partial charge in [0.05, 0.1) is 12.0 Å². The van der Waals surface area contributed by atoms with Crippen molar-refractivity contribution in [3.63, 3.8) is 0 Å². The lowest BCUT2D eigenvalue weighted by Crippen LogP contribution is -2.18. The van der Waals surface area contributed by atoms with E-state index in [0.717, 1.165) is 34.9 Å². The molecule has 0 amide bonds. The molecular formula is C23H20F3NO4S2. The number of benzene rings is 2. The van der Waals surface area contributed by atoms with Gasteiger partial charge in [0.1, 0.15) is 11.3 Å². The molecule has 0 saturated heterocycles. The first-order valence-electron chi connectivity index (χ1n) is 9.85. The predicted octanol–water partition coefficient (Wildman–Crippen LogP) is 6.70. The van der Waals surface area contributed by atoms with Gasteiger partial charge in [0.15, 0.2) is 10.4 Å². The lowest BCUT2D eigenvalue weighted by atomic mass is 10.0. The van der Waals surface area contributed by atoms with Crippen molar-refractivity contribution in [3.05, 3.63) is 70.0 Å². The second kappa shape index (κ2) is 10.4. The molecule has 2 aromatic heterocycles. The monoisotopic (exact) mass is 495 g/mol. The molecule has 10 heteroatoms. The third-order valence-corrected chi connectivity index (χ3v) is 6.50. The fourth-order valence-electron chi connectivity index (χ4n) is 2.94. The molecule has 1 atom stereocenters. The summed E-state index contributed by atoms with van der Waals surface area (Å²) in [7, 11) is 1.55. The molecule has 4 rings (SSSR count). The van der Waals surface area contributed by atoms with Crippen LogP contribution in [0.15, 0.2) is 73.2 Å². The summed E-state index contributed by atoms with van der Waals surface area (Å²) in [6.45, 7) is 4.00. The number of halogens is 3.